The molecule has 0 bridgehead atoms. The Morgan fingerprint density at radius 3 is 2.55 bits per heavy atom. The Hall–Kier alpha value is -1.67. The predicted octanol–water partition coefficient (Wildman–Crippen LogP) is 0.466. The second kappa shape index (κ2) is 5.76. The molecule has 0 unspecified atom stereocenters. The molecule has 0 aliphatic heterocycles. The summed E-state index contributed by atoms with van der Waals surface area (Å²) in [7, 11) is -3.40. The SMILES string of the molecule is CC(C)(CNC(=O)c1cc(F)ccc1N)NS(C)(=O)=O. The van der Waals surface area contributed by atoms with Gasteiger partial charge in [-0.15, -0.1) is 0 Å². The number of carbonyl (C=O) groups excluding carboxylic acids is 1. The molecule has 0 spiro atoms. The molecule has 1 amide bonds. The van der Waals surface area contributed by atoms with E-state index >= 15 is 0 Å². The number of hydrogen-bond donors (Lipinski definition) is 3. The van der Waals surface area contributed by atoms with Gasteiger partial charge in [-0.25, -0.2) is 17.5 Å². The van der Waals surface area contributed by atoms with Crippen LogP contribution in [0.3, 0.4) is 0 Å². The highest BCUT2D eigenvalue weighted by Crippen LogP contribution is 2.13. The first-order valence-electron chi connectivity index (χ1n) is 5.82. The van der Waals surface area contributed by atoms with Gasteiger partial charge in [-0.05, 0) is 32.0 Å². The summed E-state index contributed by atoms with van der Waals surface area (Å²) < 4.78 is 37.8. The maximum atomic E-state index is 13.1. The van der Waals surface area contributed by atoms with E-state index in [1.807, 2.05) is 0 Å². The highest BCUT2D eigenvalue weighted by Gasteiger charge is 2.23. The molecule has 1 aromatic rings. The van der Waals surface area contributed by atoms with Crippen LogP contribution in [0.1, 0.15) is 24.2 Å². The van der Waals surface area contributed by atoms with Gasteiger partial charge in [0, 0.05) is 17.8 Å². The van der Waals surface area contributed by atoms with Crippen molar-refractivity contribution in [3.8, 4) is 0 Å². The maximum Gasteiger partial charge on any atom is 0.253 e. The number of nitrogen functional groups attached to an aromatic ring is 1. The molecule has 0 saturated carbocycles. The van der Waals surface area contributed by atoms with Crippen LogP contribution in [0.5, 0.6) is 0 Å². The van der Waals surface area contributed by atoms with E-state index in [2.05, 4.69) is 10.0 Å². The number of nitrogens with two attached hydrogens (primary N) is 1. The van der Waals surface area contributed by atoms with Gasteiger partial charge in [-0.2, -0.15) is 0 Å². The van der Waals surface area contributed by atoms with Crippen LogP contribution in [0, 0.1) is 5.82 Å². The largest absolute Gasteiger partial charge is 0.398 e. The van der Waals surface area contributed by atoms with Crippen molar-refractivity contribution >= 4 is 21.6 Å². The van der Waals surface area contributed by atoms with Crippen molar-refractivity contribution in [1.29, 1.82) is 0 Å². The Morgan fingerprint density at radius 2 is 2.00 bits per heavy atom. The number of halogens is 1. The van der Waals surface area contributed by atoms with Crippen LogP contribution in [0.15, 0.2) is 18.2 Å². The van der Waals surface area contributed by atoms with Gasteiger partial charge in [-0.3, -0.25) is 4.79 Å². The molecule has 20 heavy (non-hydrogen) atoms. The number of amides is 1. The molecule has 0 aromatic heterocycles. The topological polar surface area (TPSA) is 101 Å². The van der Waals surface area contributed by atoms with Crippen molar-refractivity contribution in [3.05, 3.63) is 29.6 Å². The zero-order chi connectivity index (χ0) is 15.6. The minimum absolute atomic E-state index is 0.0140. The van der Waals surface area contributed by atoms with E-state index in [1.165, 1.54) is 6.07 Å². The van der Waals surface area contributed by atoms with Crippen LogP contribution >= 0.6 is 0 Å². The Balaban J connectivity index is 2.75. The van der Waals surface area contributed by atoms with Crippen molar-refractivity contribution in [2.45, 2.75) is 19.4 Å². The minimum Gasteiger partial charge on any atom is -0.398 e. The Labute approximate surface area is 117 Å². The summed E-state index contributed by atoms with van der Waals surface area (Å²) in [5.41, 5.74) is 4.89. The Morgan fingerprint density at radius 1 is 1.40 bits per heavy atom. The van der Waals surface area contributed by atoms with Crippen molar-refractivity contribution in [1.82, 2.24) is 10.0 Å². The van der Waals surface area contributed by atoms with Crippen LogP contribution in [-0.4, -0.2) is 32.7 Å². The van der Waals surface area contributed by atoms with Crippen LogP contribution in [0.4, 0.5) is 10.1 Å². The standard InChI is InChI=1S/C12H18FN3O3S/c1-12(2,16-20(3,18)19)7-15-11(17)9-6-8(13)4-5-10(9)14/h4-6,16H,7,14H2,1-3H3,(H,15,17). The highest BCUT2D eigenvalue weighted by molar-refractivity contribution is 7.88. The lowest BCUT2D eigenvalue weighted by Gasteiger charge is -2.25. The number of hydrogen-bond acceptors (Lipinski definition) is 4. The van der Waals surface area contributed by atoms with E-state index in [0.717, 1.165) is 18.4 Å². The maximum absolute atomic E-state index is 13.1. The van der Waals surface area contributed by atoms with Gasteiger partial charge in [0.05, 0.1) is 11.8 Å². The number of carbonyl (C=O) groups is 1. The molecule has 0 heterocycles. The molecule has 6 nitrogen and oxygen atoms in total. The quantitative estimate of drug-likeness (QED) is 0.688. The number of benzene rings is 1. The first-order chi connectivity index (χ1) is 9.00. The summed E-state index contributed by atoms with van der Waals surface area (Å²) in [6.07, 6.45) is 1.03. The first kappa shape index (κ1) is 16.4. The first-order valence-corrected chi connectivity index (χ1v) is 7.71. The van der Waals surface area contributed by atoms with Crippen molar-refractivity contribution < 1.29 is 17.6 Å². The summed E-state index contributed by atoms with van der Waals surface area (Å²) in [4.78, 5) is 11.9. The molecule has 0 fully saturated rings. The third-order valence-corrected chi connectivity index (χ3v) is 3.34. The molecular formula is C12H18FN3O3S. The minimum atomic E-state index is -3.40. The van der Waals surface area contributed by atoms with Gasteiger partial charge in [0.2, 0.25) is 10.0 Å². The third-order valence-electron chi connectivity index (χ3n) is 2.41. The van der Waals surface area contributed by atoms with E-state index in [1.54, 1.807) is 13.8 Å². The van der Waals surface area contributed by atoms with E-state index in [4.69, 9.17) is 5.73 Å². The molecule has 0 saturated heterocycles. The molecular weight excluding hydrogens is 285 g/mol. The molecule has 0 atom stereocenters. The van der Waals surface area contributed by atoms with Crippen LogP contribution in [-0.2, 0) is 10.0 Å². The summed E-state index contributed by atoms with van der Waals surface area (Å²) in [5.74, 6) is -1.14. The van der Waals surface area contributed by atoms with Gasteiger partial charge in [0.25, 0.3) is 5.91 Å². The lowest BCUT2D eigenvalue weighted by molar-refractivity contribution is 0.0945. The summed E-state index contributed by atoms with van der Waals surface area (Å²) in [6, 6.07) is 3.48. The van der Waals surface area contributed by atoms with E-state index in [9.17, 15) is 17.6 Å². The third kappa shape index (κ3) is 5.14. The van der Waals surface area contributed by atoms with E-state index in [-0.39, 0.29) is 17.8 Å². The number of rotatable bonds is 5. The molecule has 0 aliphatic rings. The lowest BCUT2D eigenvalue weighted by atomic mass is 10.1. The molecule has 8 heteroatoms. The molecule has 4 N–H and O–H groups in total. The average molecular weight is 303 g/mol. The molecule has 0 radical (unpaired) electrons. The second-order valence-electron chi connectivity index (χ2n) is 5.17. The zero-order valence-corrected chi connectivity index (χ0v) is 12.3. The number of anilines is 1. The van der Waals surface area contributed by atoms with Gasteiger partial charge in [0.15, 0.2) is 0 Å². The smallest absolute Gasteiger partial charge is 0.253 e. The van der Waals surface area contributed by atoms with Gasteiger partial charge in [-0.1, -0.05) is 0 Å². The van der Waals surface area contributed by atoms with Crippen molar-refractivity contribution in [3.63, 3.8) is 0 Å². The van der Waals surface area contributed by atoms with Crippen molar-refractivity contribution in [2.24, 2.45) is 0 Å². The fraction of sp³-hybridized carbons (Fsp3) is 0.417. The molecule has 1 rings (SSSR count). The fourth-order valence-corrected chi connectivity index (χ4v) is 2.74. The fourth-order valence-electron chi connectivity index (χ4n) is 1.66. The van der Waals surface area contributed by atoms with Crippen LogP contribution in [0.2, 0.25) is 0 Å². The monoisotopic (exact) mass is 303 g/mol. The Kier molecular flexibility index (Phi) is 4.72. The lowest BCUT2D eigenvalue weighted by Crippen LogP contribution is -2.51. The van der Waals surface area contributed by atoms with Gasteiger partial charge >= 0.3 is 0 Å². The van der Waals surface area contributed by atoms with Crippen LogP contribution in [0.25, 0.3) is 0 Å². The molecule has 1 aromatic carbocycles. The molecule has 112 valence electrons. The zero-order valence-electron chi connectivity index (χ0n) is 11.5. The van der Waals surface area contributed by atoms with Gasteiger partial charge < -0.3 is 11.1 Å². The van der Waals surface area contributed by atoms with E-state index < -0.39 is 27.3 Å². The molecule has 0 aliphatic carbocycles. The van der Waals surface area contributed by atoms with Gasteiger partial charge in [0.1, 0.15) is 5.82 Å². The summed E-state index contributed by atoms with van der Waals surface area (Å²) in [6.45, 7) is 3.27. The Bertz CT molecular complexity index is 614. The number of nitrogens with one attached hydrogen (secondary N) is 2. The average Bonchev–Trinajstić information content (AvgIpc) is 2.26. The predicted molar refractivity (Wildman–Crippen MR) is 75.2 cm³/mol. The highest BCUT2D eigenvalue weighted by atomic mass is 32.2. The summed E-state index contributed by atoms with van der Waals surface area (Å²) >= 11 is 0. The van der Waals surface area contributed by atoms with Crippen molar-refractivity contribution in [2.75, 3.05) is 18.5 Å². The summed E-state index contributed by atoms with van der Waals surface area (Å²) in [5, 5.41) is 2.52. The number of sulfonamides is 1. The van der Waals surface area contributed by atoms with E-state index in [0.29, 0.717) is 0 Å². The second-order valence-corrected chi connectivity index (χ2v) is 6.92. The normalized spacial score (nSPS) is 12.2. The van der Waals surface area contributed by atoms with Crippen LogP contribution < -0.4 is 15.8 Å².